The molecule has 1 N–H and O–H groups in total. The number of anilines is 1. The number of nitrogens with one attached hydrogen (secondary N) is 1. The van der Waals surface area contributed by atoms with Crippen molar-refractivity contribution in [3.05, 3.63) is 17.8 Å². The van der Waals surface area contributed by atoms with E-state index in [0.29, 0.717) is 23.2 Å². The van der Waals surface area contributed by atoms with Crippen molar-refractivity contribution in [1.29, 1.82) is 0 Å². The van der Waals surface area contributed by atoms with Gasteiger partial charge in [-0.05, 0) is 12.0 Å². The van der Waals surface area contributed by atoms with Gasteiger partial charge in [-0.2, -0.15) is 0 Å². The highest BCUT2D eigenvalue weighted by Gasteiger charge is 2.20. The monoisotopic (exact) mass is 290 g/mol. The molecular weight excluding hydrogens is 268 g/mol. The SMILES string of the molecule is CNc1cc(C(C)C)nc2cc(OC)c(OC)c(OC)c12. The van der Waals surface area contributed by atoms with Crippen LogP contribution >= 0.6 is 0 Å². The number of benzene rings is 1. The van der Waals surface area contributed by atoms with Gasteiger partial charge >= 0.3 is 0 Å². The Balaban J connectivity index is 2.90. The molecule has 0 saturated heterocycles. The van der Waals surface area contributed by atoms with E-state index in [-0.39, 0.29) is 0 Å². The van der Waals surface area contributed by atoms with E-state index in [0.717, 1.165) is 22.3 Å². The maximum absolute atomic E-state index is 5.55. The van der Waals surface area contributed by atoms with E-state index in [1.165, 1.54) is 0 Å². The molecule has 1 aromatic carbocycles. The van der Waals surface area contributed by atoms with E-state index >= 15 is 0 Å². The van der Waals surface area contributed by atoms with E-state index in [4.69, 9.17) is 19.2 Å². The number of aromatic nitrogens is 1. The molecule has 0 spiro atoms. The zero-order valence-electron chi connectivity index (χ0n) is 13.4. The molecule has 0 saturated carbocycles. The molecule has 114 valence electrons. The molecular formula is C16H22N2O3. The first kappa shape index (κ1) is 15.2. The second kappa shape index (κ2) is 6.08. The minimum absolute atomic E-state index is 0.334. The summed E-state index contributed by atoms with van der Waals surface area (Å²) in [5.74, 6) is 2.14. The molecule has 5 nitrogen and oxygen atoms in total. The quantitative estimate of drug-likeness (QED) is 0.914. The van der Waals surface area contributed by atoms with Crippen LogP contribution in [0, 0.1) is 0 Å². The van der Waals surface area contributed by atoms with Gasteiger partial charge in [0.15, 0.2) is 11.5 Å². The van der Waals surface area contributed by atoms with Gasteiger partial charge in [0, 0.05) is 24.5 Å². The van der Waals surface area contributed by atoms with Crippen LogP contribution in [0.3, 0.4) is 0 Å². The predicted molar refractivity (Wildman–Crippen MR) is 85.0 cm³/mol. The zero-order valence-corrected chi connectivity index (χ0v) is 13.4. The van der Waals surface area contributed by atoms with E-state index < -0.39 is 0 Å². The van der Waals surface area contributed by atoms with Crippen LogP contribution in [0.2, 0.25) is 0 Å². The molecule has 1 heterocycles. The molecule has 5 heteroatoms. The summed E-state index contributed by atoms with van der Waals surface area (Å²) in [4.78, 5) is 4.72. The fraction of sp³-hybridized carbons (Fsp3) is 0.438. The third kappa shape index (κ3) is 2.55. The van der Waals surface area contributed by atoms with Crippen molar-refractivity contribution < 1.29 is 14.2 Å². The third-order valence-electron chi connectivity index (χ3n) is 3.48. The molecule has 0 aliphatic heterocycles. The average Bonchev–Trinajstić information content (AvgIpc) is 2.51. The van der Waals surface area contributed by atoms with E-state index in [2.05, 4.69) is 19.2 Å². The van der Waals surface area contributed by atoms with Crippen LogP contribution < -0.4 is 19.5 Å². The Bertz CT molecular complexity index is 654. The Morgan fingerprint density at radius 1 is 1.00 bits per heavy atom. The van der Waals surface area contributed by atoms with Gasteiger partial charge in [0.05, 0.1) is 32.2 Å². The van der Waals surface area contributed by atoms with Gasteiger partial charge in [-0.1, -0.05) is 13.8 Å². The normalized spacial score (nSPS) is 10.8. The molecule has 0 aliphatic carbocycles. The van der Waals surface area contributed by atoms with E-state index in [9.17, 15) is 0 Å². The van der Waals surface area contributed by atoms with Crippen molar-refractivity contribution in [3.8, 4) is 17.2 Å². The number of fused-ring (bicyclic) bond motifs is 1. The lowest BCUT2D eigenvalue weighted by Gasteiger charge is -2.18. The summed E-state index contributed by atoms with van der Waals surface area (Å²) in [6, 6.07) is 3.92. The summed E-state index contributed by atoms with van der Waals surface area (Å²) in [6.07, 6.45) is 0. The Kier molecular flexibility index (Phi) is 4.40. The summed E-state index contributed by atoms with van der Waals surface area (Å²) in [5.41, 5.74) is 2.79. The largest absolute Gasteiger partial charge is 0.493 e. The van der Waals surface area contributed by atoms with Crippen molar-refractivity contribution in [3.63, 3.8) is 0 Å². The molecule has 21 heavy (non-hydrogen) atoms. The highest BCUT2D eigenvalue weighted by atomic mass is 16.5. The Hall–Kier alpha value is -2.17. The smallest absolute Gasteiger partial charge is 0.204 e. The molecule has 0 unspecified atom stereocenters. The van der Waals surface area contributed by atoms with Crippen LogP contribution in [0.15, 0.2) is 12.1 Å². The van der Waals surface area contributed by atoms with Crippen molar-refractivity contribution in [2.24, 2.45) is 0 Å². The maximum atomic E-state index is 5.55. The molecule has 0 radical (unpaired) electrons. The van der Waals surface area contributed by atoms with Crippen LogP contribution in [-0.4, -0.2) is 33.4 Å². The zero-order chi connectivity index (χ0) is 15.6. The molecule has 0 amide bonds. The lowest BCUT2D eigenvalue weighted by Crippen LogP contribution is -2.02. The third-order valence-corrected chi connectivity index (χ3v) is 3.48. The molecule has 0 aliphatic rings. The number of rotatable bonds is 5. The maximum Gasteiger partial charge on any atom is 0.204 e. The van der Waals surface area contributed by atoms with Crippen LogP contribution in [0.5, 0.6) is 17.2 Å². The minimum Gasteiger partial charge on any atom is -0.493 e. The van der Waals surface area contributed by atoms with Crippen molar-refractivity contribution >= 4 is 16.6 Å². The highest BCUT2D eigenvalue weighted by molar-refractivity contribution is 6.00. The van der Waals surface area contributed by atoms with Gasteiger partial charge in [0.1, 0.15) is 0 Å². The Morgan fingerprint density at radius 2 is 1.67 bits per heavy atom. The van der Waals surface area contributed by atoms with Gasteiger partial charge < -0.3 is 19.5 Å². The second-order valence-corrected chi connectivity index (χ2v) is 5.04. The Labute approximate surface area is 125 Å². The molecule has 1 aromatic heterocycles. The van der Waals surface area contributed by atoms with Gasteiger partial charge in [-0.25, -0.2) is 0 Å². The van der Waals surface area contributed by atoms with Gasteiger partial charge in [0.2, 0.25) is 5.75 Å². The van der Waals surface area contributed by atoms with E-state index in [1.54, 1.807) is 21.3 Å². The first-order chi connectivity index (χ1) is 10.1. The average molecular weight is 290 g/mol. The standard InChI is InChI=1S/C16H22N2O3/c1-9(2)10-7-11(17-3)14-12(18-10)8-13(19-4)15(20-5)16(14)21-6/h7-9H,1-6H3,(H,17,18). The Morgan fingerprint density at radius 3 is 2.14 bits per heavy atom. The second-order valence-electron chi connectivity index (χ2n) is 5.04. The fourth-order valence-corrected chi connectivity index (χ4v) is 2.38. The number of hydrogen-bond acceptors (Lipinski definition) is 5. The number of methoxy groups -OCH3 is 3. The molecule has 2 aromatic rings. The van der Waals surface area contributed by atoms with Gasteiger partial charge in [0.25, 0.3) is 0 Å². The minimum atomic E-state index is 0.334. The number of hydrogen-bond donors (Lipinski definition) is 1. The fourth-order valence-electron chi connectivity index (χ4n) is 2.38. The molecule has 0 atom stereocenters. The van der Waals surface area contributed by atoms with Crippen LogP contribution in [-0.2, 0) is 0 Å². The number of ether oxygens (including phenoxy) is 3. The summed E-state index contributed by atoms with van der Waals surface area (Å²) in [6.45, 7) is 4.23. The van der Waals surface area contributed by atoms with Crippen LogP contribution in [0.1, 0.15) is 25.5 Å². The summed E-state index contributed by atoms with van der Waals surface area (Å²) >= 11 is 0. The van der Waals surface area contributed by atoms with Crippen molar-refractivity contribution in [1.82, 2.24) is 4.98 Å². The van der Waals surface area contributed by atoms with Crippen LogP contribution in [0.4, 0.5) is 5.69 Å². The molecule has 2 rings (SSSR count). The van der Waals surface area contributed by atoms with Crippen LogP contribution in [0.25, 0.3) is 10.9 Å². The topological polar surface area (TPSA) is 52.6 Å². The lowest BCUT2D eigenvalue weighted by atomic mass is 10.0. The lowest BCUT2D eigenvalue weighted by molar-refractivity contribution is 0.327. The summed E-state index contributed by atoms with van der Waals surface area (Å²) < 4.78 is 16.4. The van der Waals surface area contributed by atoms with Crippen molar-refractivity contribution in [2.75, 3.05) is 33.7 Å². The number of nitrogens with zero attached hydrogens (tertiary/aromatic N) is 1. The predicted octanol–water partition coefficient (Wildman–Crippen LogP) is 3.43. The highest BCUT2D eigenvalue weighted by Crippen LogP contribution is 2.45. The molecule has 0 fully saturated rings. The van der Waals surface area contributed by atoms with Crippen molar-refractivity contribution in [2.45, 2.75) is 19.8 Å². The molecule has 0 bridgehead atoms. The first-order valence-corrected chi connectivity index (χ1v) is 6.88. The summed E-state index contributed by atoms with van der Waals surface area (Å²) in [7, 11) is 6.71. The van der Waals surface area contributed by atoms with Gasteiger partial charge in [-0.3, -0.25) is 4.98 Å². The van der Waals surface area contributed by atoms with E-state index in [1.807, 2.05) is 19.2 Å². The number of pyridine rings is 1. The summed E-state index contributed by atoms with van der Waals surface area (Å²) in [5, 5.41) is 4.10. The first-order valence-electron chi connectivity index (χ1n) is 6.88. The van der Waals surface area contributed by atoms with Gasteiger partial charge in [-0.15, -0.1) is 0 Å².